The van der Waals surface area contributed by atoms with Crippen LogP contribution in [0.15, 0.2) is 24.3 Å². The summed E-state index contributed by atoms with van der Waals surface area (Å²) in [6.45, 7) is 0. The average molecular weight is 299 g/mol. The molecular formula is C17H17NO4. The van der Waals surface area contributed by atoms with Gasteiger partial charge in [-0.2, -0.15) is 0 Å². The molecule has 3 atom stereocenters. The zero-order valence-electron chi connectivity index (χ0n) is 12.2. The molecule has 1 heterocycles. The Kier molecular flexibility index (Phi) is 3.03. The molecule has 2 fully saturated rings. The molecule has 2 aliphatic carbocycles. The molecule has 1 aromatic carbocycles. The van der Waals surface area contributed by atoms with Crippen LogP contribution in [0.4, 0.5) is 0 Å². The van der Waals surface area contributed by atoms with Crippen LogP contribution in [-0.4, -0.2) is 22.8 Å². The predicted octanol–water partition coefficient (Wildman–Crippen LogP) is 2.57. The first kappa shape index (κ1) is 13.5. The molecule has 0 saturated heterocycles. The molecule has 2 amide bonds. The summed E-state index contributed by atoms with van der Waals surface area (Å²) in [6.07, 6.45) is 4.89. The molecule has 0 bridgehead atoms. The Bertz CT molecular complexity index is 633. The molecule has 5 nitrogen and oxygen atoms in total. The van der Waals surface area contributed by atoms with Gasteiger partial charge in [-0.15, -0.1) is 0 Å². The van der Waals surface area contributed by atoms with Crippen LogP contribution in [0.5, 0.6) is 0 Å². The average Bonchev–Trinajstić information content (AvgIpc) is 3.25. The van der Waals surface area contributed by atoms with Crippen molar-refractivity contribution in [1.82, 2.24) is 5.06 Å². The van der Waals surface area contributed by atoms with E-state index in [0.717, 1.165) is 24.7 Å². The topological polar surface area (TPSA) is 63.7 Å². The van der Waals surface area contributed by atoms with Gasteiger partial charge in [0.2, 0.25) is 0 Å². The highest BCUT2D eigenvalue weighted by Crippen LogP contribution is 2.52. The number of carbonyl (C=O) groups is 3. The largest absolute Gasteiger partial charge is 0.333 e. The third kappa shape index (κ3) is 2.21. The highest BCUT2D eigenvalue weighted by molar-refractivity contribution is 6.20. The maximum atomic E-state index is 12.1. The summed E-state index contributed by atoms with van der Waals surface area (Å²) in [7, 11) is 0. The quantitative estimate of drug-likeness (QED) is 0.805. The Morgan fingerprint density at radius 1 is 1.05 bits per heavy atom. The number of hydrogen-bond acceptors (Lipinski definition) is 4. The second-order valence-electron chi connectivity index (χ2n) is 6.55. The molecule has 4 rings (SSSR count). The molecule has 114 valence electrons. The van der Waals surface area contributed by atoms with E-state index in [4.69, 9.17) is 4.84 Å². The minimum atomic E-state index is -0.556. The number of hydroxylamine groups is 2. The van der Waals surface area contributed by atoms with Crippen LogP contribution in [-0.2, 0) is 9.63 Å². The number of imide groups is 1. The SMILES string of the molecule is O=C(CC1CCC2CC2C1)ON1C(=O)c2ccccc2C1=O. The van der Waals surface area contributed by atoms with Gasteiger partial charge in [-0.1, -0.05) is 17.2 Å². The number of hydrogen-bond donors (Lipinski definition) is 0. The Morgan fingerprint density at radius 3 is 2.36 bits per heavy atom. The van der Waals surface area contributed by atoms with Crippen molar-refractivity contribution in [2.45, 2.75) is 32.1 Å². The second kappa shape index (κ2) is 4.93. The molecule has 0 radical (unpaired) electrons. The van der Waals surface area contributed by atoms with Crippen LogP contribution >= 0.6 is 0 Å². The van der Waals surface area contributed by atoms with Gasteiger partial charge in [-0.05, 0) is 55.6 Å². The van der Waals surface area contributed by atoms with Crippen molar-refractivity contribution >= 4 is 17.8 Å². The van der Waals surface area contributed by atoms with Crippen LogP contribution in [0.1, 0.15) is 52.8 Å². The van der Waals surface area contributed by atoms with E-state index in [2.05, 4.69) is 0 Å². The van der Waals surface area contributed by atoms with Gasteiger partial charge >= 0.3 is 5.97 Å². The minimum absolute atomic E-state index is 0.288. The summed E-state index contributed by atoms with van der Waals surface area (Å²) in [5.41, 5.74) is 0.581. The first-order chi connectivity index (χ1) is 10.6. The Labute approximate surface area is 128 Å². The first-order valence-electron chi connectivity index (χ1n) is 7.82. The van der Waals surface area contributed by atoms with Gasteiger partial charge in [0.15, 0.2) is 0 Å². The highest BCUT2D eigenvalue weighted by atomic mass is 16.7. The summed E-state index contributed by atoms with van der Waals surface area (Å²) in [5, 5.41) is 0.607. The summed E-state index contributed by atoms with van der Waals surface area (Å²) in [6, 6.07) is 6.50. The zero-order chi connectivity index (χ0) is 15.3. The van der Waals surface area contributed by atoms with E-state index in [0.29, 0.717) is 22.1 Å². The standard InChI is InChI=1S/C17H17NO4/c19-15(8-10-5-6-11-9-12(11)7-10)22-18-16(20)13-3-1-2-4-14(13)17(18)21/h1-4,10-12H,5-9H2. The van der Waals surface area contributed by atoms with Gasteiger partial charge in [0.1, 0.15) is 0 Å². The van der Waals surface area contributed by atoms with E-state index in [-0.39, 0.29) is 6.42 Å². The number of rotatable bonds is 3. The smallest absolute Gasteiger partial charge is 0.330 e. The Hall–Kier alpha value is -2.17. The van der Waals surface area contributed by atoms with E-state index in [1.54, 1.807) is 24.3 Å². The fraction of sp³-hybridized carbons (Fsp3) is 0.471. The molecule has 22 heavy (non-hydrogen) atoms. The summed E-state index contributed by atoms with van der Waals surface area (Å²) in [5.74, 6) is 0.388. The van der Waals surface area contributed by atoms with E-state index >= 15 is 0 Å². The van der Waals surface area contributed by atoms with Gasteiger partial charge in [0.25, 0.3) is 11.8 Å². The molecular weight excluding hydrogens is 282 g/mol. The van der Waals surface area contributed by atoms with Gasteiger partial charge in [0.05, 0.1) is 17.5 Å². The molecule has 1 aliphatic heterocycles. The summed E-state index contributed by atoms with van der Waals surface area (Å²) >= 11 is 0. The van der Waals surface area contributed by atoms with Crippen molar-refractivity contribution in [3.8, 4) is 0 Å². The van der Waals surface area contributed by atoms with Crippen molar-refractivity contribution in [1.29, 1.82) is 0 Å². The van der Waals surface area contributed by atoms with Gasteiger partial charge < -0.3 is 4.84 Å². The molecule has 3 unspecified atom stereocenters. The Morgan fingerprint density at radius 2 is 1.73 bits per heavy atom. The zero-order valence-corrected chi connectivity index (χ0v) is 12.2. The molecule has 0 aromatic heterocycles. The van der Waals surface area contributed by atoms with Crippen LogP contribution < -0.4 is 0 Å². The lowest BCUT2D eigenvalue weighted by atomic mass is 9.87. The molecule has 0 N–H and O–H groups in total. The predicted molar refractivity (Wildman–Crippen MR) is 76.6 cm³/mol. The molecule has 3 aliphatic rings. The lowest BCUT2D eigenvalue weighted by molar-refractivity contribution is -0.170. The third-order valence-corrected chi connectivity index (χ3v) is 5.06. The van der Waals surface area contributed by atoms with Gasteiger partial charge in [-0.3, -0.25) is 9.59 Å². The van der Waals surface area contributed by atoms with Crippen molar-refractivity contribution in [2.75, 3.05) is 0 Å². The normalized spacial score (nSPS) is 29.1. The number of fused-ring (bicyclic) bond motifs is 2. The van der Waals surface area contributed by atoms with Crippen molar-refractivity contribution in [3.05, 3.63) is 35.4 Å². The van der Waals surface area contributed by atoms with E-state index in [9.17, 15) is 14.4 Å². The summed E-state index contributed by atoms with van der Waals surface area (Å²) in [4.78, 5) is 41.4. The maximum Gasteiger partial charge on any atom is 0.333 e. The van der Waals surface area contributed by atoms with Gasteiger partial charge in [0, 0.05) is 0 Å². The highest BCUT2D eigenvalue weighted by Gasteiger charge is 2.43. The lowest BCUT2D eigenvalue weighted by Gasteiger charge is -2.21. The molecule has 2 saturated carbocycles. The van der Waals surface area contributed by atoms with E-state index < -0.39 is 17.8 Å². The van der Waals surface area contributed by atoms with Crippen LogP contribution in [0.3, 0.4) is 0 Å². The van der Waals surface area contributed by atoms with E-state index in [1.165, 1.54) is 12.8 Å². The first-order valence-corrected chi connectivity index (χ1v) is 7.82. The number of benzene rings is 1. The lowest BCUT2D eigenvalue weighted by Crippen LogP contribution is -2.33. The Balaban J connectivity index is 1.40. The fourth-order valence-electron chi connectivity index (χ4n) is 3.76. The minimum Gasteiger partial charge on any atom is -0.330 e. The van der Waals surface area contributed by atoms with Crippen LogP contribution in [0, 0.1) is 17.8 Å². The maximum absolute atomic E-state index is 12.1. The number of amides is 2. The molecule has 0 spiro atoms. The fourth-order valence-corrected chi connectivity index (χ4v) is 3.76. The number of nitrogens with zero attached hydrogens (tertiary/aromatic N) is 1. The second-order valence-corrected chi connectivity index (χ2v) is 6.55. The van der Waals surface area contributed by atoms with Gasteiger partial charge in [-0.25, -0.2) is 4.79 Å². The van der Waals surface area contributed by atoms with Crippen molar-refractivity contribution < 1.29 is 19.2 Å². The summed E-state index contributed by atoms with van der Waals surface area (Å²) < 4.78 is 0. The molecule has 5 heteroatoms. The number of carbonyl (C=O) groups excluding carboxylic acids is 3. The third-order valence-electron chi connectivity index (χ3n) is 5.06. The monoisotopic (exact) mass is 299 g/mol. The molecule has 1 aromatic rings. The van der Waals surface area contributed by atoms with Crippen molar-refractivity contribution in [3.63, 3.8) is 0 Å². The van der Waals surface area contributed by atoms with Crippen LogP contribution in [0.25, 0.3) is 0 Å². The van der Waals surface area contributed by atoms with Crippen molar-refractivity contribution in [2.24, 2.45) is 17.8 Å². The van der Waals surface area contributed by atoms with E-state index in [1.807, 2.05) is 0 Å². The van der Waals surface area contributed by atoms with Crippen LogP contribution in [0.2, 0.25) is 0 Å².